The van der Waals surface area contributed by atoms with Crippen molar-refractivity contribution in [3.8, 4) is 34.0 Å². The van der Waals surface area contributed by atoms with Gasteiger partial charge in [-0.25, -0.2) is 19.9 Å². The van der Waals surface area contributed by atoms with Crippen LogP contribution >= 0.6 is 0 Å². The Labute approximate surface area is 192 Å². The maximum Gasteiger partial charge on any atom is 0.223 e. The van der Waals surface area contributed by atoms with E-state index in [-0.39, 0.29) is 11.5 Å². The van der Waals surface area contributed by atoms with Crippen molar-refractivity contribution in [2.45, 2.75) is 20.3 Å². The van der Waals surface area contributed by atoms with Crippen molar-refractivity contribution < 1.29 is 10.2 Å². The maximum atomic E-state index is 10.1. The first kappa shape index (κ1) is 22.0. The number of nitrogens with one attached hydrogen (secondary N) is 2. The van der Waals surface area contributed by atoms with Crippen LogP contribution in [0.25, 0.3) is 22.5 Å². The lowest BCUT2D eigenvalue weighted by Gasteiger charge is -2.11. The van der Waals surface area contributed by atoms with Gasteiger partial charge in [-0.05, 0) is 55.7 Å². The second-order valence-corrected chi connectivity index (χ2v) is 7.69. The first-order chi connectivity index (χ1) is 16.0. The first-order valence-corrected chi connectivity index (χ1v) is 10.7. The molecule has 4 aromatic rings. The van der Waals surface area contributed by atoms with E-state index in [1.54, 1.807) is 36.7 Å². The summed E-state index contributed by atoms with van der Waals surface area (Å²) in [6.45, 7) is 5.13. The number of nitrogens with zero attached hydrogens (tertiary/aromatic N) is 4. The molecule has 0 radical (unpaired) electrons. The monoisotopic (exact) mass is 442 g/mol. The fourth-order valence-corrected chi connectivity index (χ4v) is 3.44. The number of aromatic nitrogens is 4. The Kier molecular flexibility index (Phi) is 6.64. The first-order valence-electron chi connectivity index (χ1n) is 10.7. The van der Waals surface area contributed by atoms with E-state index in [0.717, 1.165) is 17.5 Å². The zero-order valence-electron chi connectivity index (χ0n) is 18.6. The lowest BCUT2D eigenvalue weighted by Crippen LogP contribution is -2.13. The molecule has 0 amide bonds. The highest BCUT2D eigenvalue weighted by molar-refractivity contribution is 5.70. The van der Waals surface area contributed by atoms with Gasteiger partial charge < -0.3 is 20.8 Å². The second kappa shape index (κ2) is 9.95. The molecule has 168 valence electrons. The summed E-state index contributed by atoms with van der Waals surface area (Å²) in [6, 6.07) is 14.3. The zero-order valence-corrected chi connectivity index (χ0v) is 18.6. The molecule has 0 spiro atoms. The molecule has 0 aliphatic rings. The lowest BCUT2D eigenvalue weighted by molar-refractivity contribution is 0.476. The van der Waals surface area contributed by atoms with Gasteiger partial charge in [-0.2, -0.15) is 0 Å². The van der Waals surface area contributed by atoms with E-state index < -0.39 is 0 Å². The lowest BCUT2D eigenvalue weighted by atomic mass is 10.1. The third-order valence-electron chi connectivity index (χ3n) is 5.18. The Balaban J connectivity index is 1.34. The summed E-state index contributed by atoms with van der Waals surface area (Å²) in [4.78, 5) is 17.8. The van der Waals surface area contributed by atoms with E-state index in [9.17, 15) is 10.2 Å². The van der Waals surface area contributed by atoms with Crippen molar-refractivity contribution in [2.75, 3.05) is 23.7 Å². The molecule has 4 N–H and O–H groups in total. The number of rotatable bonds is 8. The number of aryl methyl sites for hydroxylation is 2. The SMILES string of the molecule is Cc1cnc(NCCCNc2ncc(C)c(-c3ccccc3O)n2)nc1-c1ccccc1O. The van der Waals surface area contributed by atoms with Crippen LogP contribution in [0.15, 0.2) is 60.9 Å². The Morgan fingerprint density at radius 3 is 1.52 bits per heavy atom. The van der Waals surface area contributed by atoms with Crippen LogP contribution in [0.1, 0.15) is 17.5 Å². The van der Waals surface area contributed by atoms with Crippen molar-refractivity contribution in [1.82, 2.24) is 19.9 Å². The van der Waals surface area contributed by atoms with Gasteiger partial charge in [-0.3, -0.25) is 0 Å². The van der Waals surface area contributed by atoms with Gasteiger partial charge in [-0.15, -0.1) is 0 Å². The molecule has 0 fully saturated rings. The van der Waals surface area contributed by atoms with Crippen LogP contribution in [0.3, 0.4) is 0 Å². The fraction of sp³-hybridized carbons (Fsp3) is 0.200. The topological polar surface area (TPSA) is 116 Å². The van der Waals surface area contributed by atoms with E-state index in [1.165, 1.54) is 0 Å². The second-order valence-electron chi connectivity index (χ2n) is 7.69. The molecule has 8 nitrogen and oxygen atoms in total. The van der Waals surface area contributed by atoms with Gasteiger partial charge in [0.25, 0.3) is 0 Å². The molecule has 0 aliphatic carbocycles. The highest BCUT2D eigenvalue weighted by Gasteiger charge is 2.11. The van der Waals surface area contributed by atoms with Gasteiger partial charge in [-0.1, -0.05) is 24.3 Å². The van der Waals surface area contributed by atoms with E-state index in [2.05, 4.69) is 30.6 Å². The summed E-state index contributed by atoms with van der Waals surface area (Å²) < 4.78 is 0. The summed E-state index contributed by atoms with van der Waals surface area (Å²) in [6.07, 6.45) is 4.28. The van der Waals surface area contributed by atoms with Gasteiger partial charge >= 0.3 is 0 Å². The summed E-state index contributed by atoms with van der Waals surface area (Å²) in [5.74, 6) is 1.39. The molecule has 4 rings (SSSR count). The van der Waals surface area contributed by atoms with Crippen LogP contribution in [-0.2, 0) is 0 Å². The molecule has 33 heavy (non-hydrogen) atoms. The van der Waals surface area contributed by atoms with E-state index in [4.69, 9.17) is 0 Å². The van der Waals surface area contributed by atoms with Crippen molar-refractivity contribution in [3.63, 3.8) is 0 Å². The van der Waals surface area contributed by atoms with Gasteiger partial charge in [0.05, 0.1) is 11.4 Å². The van der Waals surface area contributed by atoms with Crippen LogP contribution in [-0.4, -0.2) is 43.2 Å². The molecule has 0 aliphatic heterocycles. The number of aromatic hydroxyl groups is 2. The van der Waals surface area contributed by atoms with Crippen molar-refractivity contribution in [1.29, 1.82) is 0 Å². The minimum Gasteiger partial charge on any atom is -0.507 e. The Morgan fingerprint density at radius 2 is 1.09 bits per heavy atom. The summed E-state index contributed by atoms with van der Waals surface area (Å²) in [5.41, 5.74) is 4.54. The predicted octanol–water partition coefficient (Wildman–Crippen LogP) is 4.54. The molecular weight excluding hydrogens is 416 g/mol. The standard InChI is InChI=1S/C25H26N6O2/c1-16-14-28-24(30-22(16)18-8-3-5-10-20(18)32)26-12-7-13-27-25-29-15-17(2)23(31-25)19-9-4-6-11-21(19)33/h3-6,8-11,14-15,32-33H,7,12-13H2,1-2H3,(H,26,28,30)(H,27,29,31). The number of phenols is 2. The molecule has 8 heteroatoms. The van der Waals surface area contributed by atoms with Crippen LogP contribution < -0.4 is 10.6 Å². The van der Waals surface area contributed by atoms with E-state index >= 15 is 0 Å². The third kappa shape index (κ3) is 5.17. The molecular formula is C25H26N6O2. The Morgan fingerprint density at radius 1 is 0.667 bits per heavy atom. The van der Waals surface area contributed by atoms with Crippen LogP contribution in [0, 0.1) is 13.8 Å². The van der Waals surface area contributed by atoms with Crippen LogP contribution in [0.5, 0.6) is 11.5 Å². The van der Waals surface area contributed by atoms with Crippen molar-refractivity contribution in [2.24, 2.45) is 0 Å². The van der Waals surface area contributed by atoms with Gasteiger partial charge in [0, 0.05) is 36.6 Å². The fourth-order valence-electron chi connectivity index (χ4n) is 3.44. The molecule has 2 aromatic heterocycles. The normalized spacial score (nSPS) is 10.7. The Hall–Kier alpha value is -4.20. The highest BCUT2D eigenvalue weighted by atomic mass is 16.3. The quantitative estimate of drug-likeness (QED) is 0.294. The number of benzene rings is 2. The molecule has 2 aromatic carbocycles. The van der Waals surface area contributed by atoms with Crippen LogP contribution in [0.2, 0.25) is 0 Å². The largest absolute Gasteiger partial charge is 0.507 e. The van der Waals surface area contributed by atoms with E-state index in [0.29, 0.717) is 47.5 Å². The molecule has 0 bridgehead atoms. The van der Waals surface area contributed by atoms with Gasteiger partial charge in [0.2, 0.25) is 11.9 Å². The summed E-state index contributed by atoms with van der Waals surface area (Å²) in [5, 5.41) is 26.7. The minimum absolute atomic E-state index is 0.190. The average molecular weight is 443 g/mol. The number of phenolic OH excluding ortho intramolecular Hbond substituents is 2. The Bertz CT molecular complexity index is 1160. The predicted molar refractivity (Wildman–Crippen MR) is 129 cm³/mol. The van der Waals surface area contributed by atoms with Gasteiger partial charge in [0.1, 0.15) is 11.5 Å². The average Bonchev–Trinajstić information content (AvgIpc) is 2.82. The van der Waals surface area contributed by atoms with Crippen molar-refractivity contribution >= 4 is 11.9 Å². The number of hydrogen-bond acceptors (Lipinski definition) is 8. The number of hydrogen-bond donors (Lipinski definition) is 4. The van der Waals surface area contributed by atoms with Gasteiger partial charge in [0.15, 0.2) is 0 Å². The summed E-state index contributed by atoms with van der Waals surface area (Å²) >= 11 is 0. The molecule has 0 atom stereocenters. The van der Waals surface area contributed by atoms with Crippen LogP contribution in [0.4, 0.5) is 11.9 Å². The molecule has 0 unspecified atom stereocenters. The molecule has 0 saturated heterocycles. The minimum atomic E-state index is 0.190. The number of para-hydroxylation sites is 2. The third-order valence-corrected chi connectivity index (χ3v) is 5.18. The maximum absolute atomic E-state index is 10.1. The highest BCUT2D eigenvalue weighted by Crippen LogP contribution is 2.30. The summed E-state index contributed by atoms with van der Waals surface area (Å²) in [7, 11) is 0. The molecule has 2 heterocycles. The molecule has 0 saturated carbocycles. The smallest absolute Gasteiger partial charge is 0.223 e. The van der Waals surface area contributed by atoms with Crippen molar-refractivity contribution in [3.05, 3.63) is 72.1 Å². The number of anilines is 2. The zero-order chi connectivity index (χ0) is 23.2. The van der Waals surface area contributed by atoms with E-state index in [1.807, 2.05) is 38.1 Å².